The normalized spacial score (nSPS) is 23.6. The molecule has 108 valence electrons. The molecule has 0 aliphatic heterocycles. The first-order valence-corrected chi connectivity index (χ1v) is 7.49. The molecule has 0 spiro atoms. The van der Waals surface area contributed by atoms with Gasteiger partial charge in [0.2, 0.25) is 0 Å². The predicted molar refractivity (Wildman–Crippen MR) is 80.7 cm³/mol. The molecule has 0 unspecified atom stereocenters. The Bertz CT molecular complexity index is 482. The fourth-order valence-electron chi connectivity index (χ4n) is 3.06. The van der Waals surface area contributed by atoms with Crippen molar-refractivity contribution in [1.29, 1.82) is 0 Å². The van der Waals surface area contributed by atoms with Gasteiger partial charge in [-0.25, -0.2) is 0 Å². The molecule has 2 nitrogen and oxygen atoms in total. The van der Waals surface area contributed by atoms with Crippen molar-refractivity contribution in [1.82, 2.24) is 0 Å². The van der Waals surface area contributed by atoms with Gasteiger partial charge in [-0.1, -0.05) is 51.1 Å². The maximum Gasteiger partial charge on any atom is 0.163 e. The third kappa shape index (κ3) is 3.56. The number of benzene rings is 1. The van der Waals surface area contributed by atoms with E-state index in [0.29, 0.717) is 18.8 Å². The van der Waals surface area contributed by atoms with Crippen molar-refractivity contribution in [3.8, 4) is 0 Å². The highest BCUT2D eigenvalue weighted by Crippen LogP contribution is 2.40. The fraction of sp³-hybridized carbons (Fsp3) is 0.556. The van der Waals surface area contributed by atoms with Gasteiger partial charge in [-0.05, 0) is 24.2 Å². The van der Waals surface area contributed by atoms with Gasteiger partial charge in [0.25, 0.3) is 0 Å². The van der Waals surface area contributed by atoms with E-state index in [1.807, 2.05) is 30.3 Å². The average molecular weight is 272 g/mol. The second-order valence-electron chi connectivity index (χ2n) is 6.99. The van der Waals surface area contributed by atoms with Gasteiger partial charge in [-0.2, -0.15) is 0 Å². The van der Waals surface area contributed by atoms with E-state index < -0.39 is 0 Å². The van der Waals surface area contributed by atoms with Gasteiger partial charge in [0.05, 0.1) is 0 Å². The SMILES string of the molecule is CC(C)(C)[C@H]1CCC(=O)[C@@H](CC(=O)c2ccccc2)C1. The van der Waals surface area contributed by atoms with Crippen LogP contribution in [0.4, 0.5) is 0 Å². The standard InChI is InChI=1S/C18H24O2/c1-18(2,3)15-9-10-16(19)14(11-15)12-17(20)13-7-5-4-6-8-13/h4-8,14-15H,9-12H2,1-3H3/t14-,15+/m1/s1. The third-order valence-corrected chi connectivity index (χ3v) is 4.52. The van der Waals surface area contributed by atoms with E-state index in [1.165, 1.54) is 0 Å². The van der Waals surface area contributed by atoms with E-state index in [2.05, 4.69) is 20.8 Å². The van der Waals surface area contributed by atoms with Crippen LogP contribution in [-0.4, -0.2) is 11.6 Å². The molecule has 2 heteroatoms. The Hall–Kier alpha value is -1.44. The Kier molecular flexibility index (Phi) is 4.42. The lowest BCUT2D eigenvalue weighted by atomic mass is 9.67. The minimum atomic E-state index is -0.0827. The second-order valence-corrected chi connectivity index (χ2v) is 6.99. The lowest BCUT2D eigenvalue weighted by molar-refractivity contribution is -0.126. The maximum absolute atomic E-state index is 12.3. The lowest BCUT2D eigenvalue weighted by Crippen LogP contribution is -2.33. The molecule has 1 aliphatic carbocycles. The molecular weight excluding hydrogens is 248 g/mol. The Morgan fingerprint density at radius 2 is 1.85 bits per heavy atom. The Morgan fingerprint density at radius 1 is 1.20 bits per heavy atom. The molecule has 0 bridgehead atoms. The van der Waals surface area contributed by atoms with Gasteiger partial charge < -0.3 is 0 Å². The quantitative estimate of drug-likeness (QED) is 0.769. The molecule has 2 atom stereocenters. The van der Waals surface area contributed by atoms with E-state index in [4.69, 9.17) is 0 Å². The van der Waals surface area contributed by atoms with Crippen molar-refractivity contribution in [2.24, 2.45) is 17.3 Å². The molecule has 0 aromatic heterocycles. The van der Waals surface area contributed by atoms with Crippen LogP contribution < -0.4 is 0 Å². The number of Topliss-reactive ketones (excluding diaryl/α,β-unsaturated/α-hetero) is 2. The summed E-state index contributed by atoms with van der Waals surface area (Å²) in [7, 11) is 0. The first-order chi connectivity index (χ1) is 9.38. The molecule has 1 fully saturated rings. The van der Waals surface area contributed by atoms with Crippen LogP contribution in [0.2, 0.25) is 0 Å². The summed E-state index contributed by atoms with van der Waals surface area (Å²) >= 11 is 0. The van der Waals surface area contributed by atoms with Crippen LogP contribution in [0.15, 0.2) is 30.3 Å². The summed E-state index contributed by atoms with van der Waals surface area (Å²) in [5, 5.41) is 0. The molecule has 0 saturated heterocycles. The molecule has 1 aliphatic rings. The number of carbonyl (C=O) groups excluding carboxylic acids is 2. The summed E-state index contributed by atoms with van der Waals surface area (Å²) in [6.45, 7) is 6.68. The maximum atomic E-state index is 12.3. The number of hydrogen-bond acceptors (Lipinski definition) is 2. The van der Waals surface area contributed by atoms with Gasteiger partial charge in [-0.15, -0.1) is 0 Å². The van der Waals surface area contributed by atoms with Gasteiger partial charge in [-0.3, -0.25) is 9.59 Å². The van der Waals surface area contributed by atoms with E-state index in [0.717, 1.165) is 18.4 Å². The van der Waals surface area contributed by atoms with Crippen LogP contribution >= 0.6 is 0 Å². The van der Waals surface area contributed by atoms with Crippen LogP contribution in [0.3, 0.4) is 0 Å². The lowest BCUT2D eigenvalue weighted by Gasteiger charge is -2.36. The van der Waals surface area contributed by atoms with Crippen molar-refractivity contribution in [3.63, 3.8) is 0 Å². The number of hydrogen-bond donors (Lipinski definition) is 0. The van der Waals surface area contributed by atoms with Crippen LogP contribution in [-0.2, 0) is 4.79 Å². The Balaban J connectivity index is 2.04. The average Bonchev–Trinajstić information content (AvgIpc) is 2.41. The van der Waals surface area contributed by atoms with Gasteiger partial charge in [0, 0.05) is 24.3 Å². The zero-order chi connectivity index (χ0) is 14.8. The molecule has 1 saturated carbocycles. The largest absolute Gasteiger partial charge is 0.299 e. The summed E-state index contributed by atoms with van der Waals surface area (Å²) in [4.78, 5) is 24.3. The zero-order valence-corrected chi connectivity index (χ0v) is 12.7. The molecule has 20 heavy (non-hydrogen) atoms. The summed E-state index contributed by atoms with van der Waals surface area (Å²) < 4.78 is 0. The highest BCUT2D eigenvalue weighted by atomic mass is 16.1. The Labute approximate surface area is 121 Å². The molecule has 0 amide bonds. The Morgan fingerprint density at radius 3 is 2.45 bits per heavy atom. The van der Waals surface area contributed by atoms with Crippen LogP contribution in [0.25, 0.3) is 0 Å². The third-order valence-electron chi connectivity index (χ3n) is 4.52. The highest BCUT2D eigenvalue weighted by molar-refractivity contribution is 5.99. The summed E-state index contributed by atoms with van der Waals surface area (Å²) in [5.74, 6) is 0.822. The zero-order valence-electron chi connectivity index (χ0n) is 12.7. The highest BCUT2D eigenvalue weighted by Gasteiger charge is 2.35. The van der Waals surface area contributed by atoms with E-state index in [9.17, 15) is 9.59 Å². The molecule has 0 radical (unpaired) electrons. The second kappa shape index (κ2) is 5.90. The smallest absolute Gasteiger partial charge is 0.163 e. The topological polar surface area (TPSA) is 34.1 Å². The molecular formula is C18H24O2. The number of ketones is 2. The molecule has 2 rings (SSSR count). The van der Waals surface area contributed by atoms with Crippen LogP contribution in [0, 0.1) is 17.3 Å². The molecule has 0 heterocycles. The van der Waals surface area contributed by atoms with E-state index in [1.54, 1.807) is 0 Å². The molecule has 1 aromatic rings. The van der Waals surface area contributed by atoms with E-state index in [-0.39, 0.29) is 22.9 Å². The minimum Gasteiger partial charge on any atom is -0.299 e. The van der Waals surface area contributed by atoms with Gasteiger partial charge >= 0.3 is 0 Å². The van der Waals surface area contributed by atoms with Gasteiger partial charge in [0.1, 0.15) is 5.78 Å². The fourth-order valence-corrected chi connectivity index (χ4v) is 3.06. The first kappa shape index (κ1) is 15.0. The predicted octanol–water partition coefficient (Wildman–Crippen LogP) is 4.29. The van der Waals surface area contributed by atoms with Crippen molar-refractivity contribution in [2.45, 2.75) is 46.5 Å². The summed E-state index contributed by atoms with van der Waals surface area (Å²) in [6.07, 6.45) is 2.84. The summed E-state index contributed by atoms with van der Waals surface area (Å²) in [6, 6.07) is 9.30. The first-order valence-electron chi connectivity index (χ1n) is 7.49. The molecule has 0 N–H and O–H groups in total. The van der Waals surface area contributed by atoms with Gasteiger partial charge in [0.15, 0.2) is 5.78 Å². The summed E-state index contributed by atoms with van der Waals surface area (Å²) in [5.41, 5.74) is 0.938. The molecule has 1 aromatic carbocycles. The number of carbonyl (C=O) groups is 2. The van der Waals surface area contributed by atoms with Crippen molar-refractivity contribution in [2.75, 3.05) is 0 Å². The van der Waals surface area contributed by atoms with E-state index >= 15 is 0 Å². The van der Waals surface area contributed by atoms with Crippen molar-refractivity contribution >= 4 is 11.6 Å². The van der Waals surface area contributed by atoms with Crippen molar-refractivity contribution in [3.05, 3.63) is 35.9 Å². The van der Waals surface area contributed by atoms with Crippen LogP contribution in [0.5, 0.6) is 0 Å². The monoisotopic (exact) mass is 272 g/mol. The van der Waals surface area contributed by atoms with Crippen LogP contribution in [0.1, 0.15) is 56.8 Å². The minimum absolute atomic E-state index is 0.0827. The number of rotatable bonds is 3. The van der Waals surface area contributed by atoms with Crippen molar-refractivity contribution < 1.29 is 9.59 Å².